The molecule has 4 rings (SSSR count). The number of carbonyl (C=O) groups is 2. The number of nitro groups is 1. The van der Waals surface area contributed by atoms with Crippen molar-refractivity contribution in [1.29, 1.82) is 0 Å². The maximum absolute atomic E-state index is 13.8. The van der Waals surface area contributed by atoms with E-state index in [4.69, 9.17) is 4.74 Å². The molecular formula is C23H17FN4O6S. The summed E-state index contributed by atoms with van der Waals surface area (Å²) in [5.74, 6) is -1.85. The Morgan fingerprint density at radius 3 is 2.63 bits per heavy atom. The fourth-order valence-corrected chi connectivity index (χ4v) is 4.32. The summed E-state index contributed by atoms with van der Waals surface area (Å²) in [5.41, 5.74) is -0.296. The van der Waals surface area contributed by atoms with E-state index in [1.165, 1.54) is 47.8 Å². The van der Waals surface area contributed by atoms with E-state index in [0.29, 0.717) is 5.56 Å². The van der Waals surface area contributed by atoms with Crippen LogP contribution in [0.5, 0.6) is 0 Å². The molecule has 0 bridgehead atoms. The number of fused-ring (bicyclic) bond motifs is 1. The Morgan fingerprint density at radius 2 is 1.97 bits per heavy atom. The Labute approximate surface area is 200 Å². The lowest BCUT2D eigenvalue weighted by Crippen LogP contribution is -2.26. The van der Waals surface area contributed by atoms with Crippen LogP contribution < -0.4 is 10.9 Å². The van der Waals surface area contributed by atoms with Gasteiger partial charge in [-0.2, -0.15) is 9.78 Å². The highest BCUT2D eigenvalue weighted by atomic mass is 32.1. The number of nitro benzene ring substituents is 1. The highest BCUT2D eigenvalue weighted by Crippen LogP contribution is 2.31. The topological polar surface area (TPSA) is 133 Å². The Balaban J connectivity index is 1.74. The van der Waals surface area contributed by atoms with E-state index in [9.17, 15) is 28.9 Å². The largest absolute Gasteiger partial charge is 0.461 e. The summed E-state index contributed by atoms with van der Waals surface area (Å²) in [7, 11) is 0. The van der Waals surface area contributed by atoms with Crippen LogP contribution in [0.15, 0.2) is 58.7 Å². The van der Waals surface area contributed by atoms with E-state index in [1.54, 1.807) is 6.92 Å². The van der Waals surface area contributed by atoms with Gasteiger partial charge in [0.1, 0.15) is 10.8 Å². The molecular weight excluding hydrogens is 479 g/mol. The zero-order valence-corrected chi connectivity index (χ0v) is 19.0. The Kier molecular flexibility index (Phi) is 6.64. The number of aromatic nitrogens is 2. The minimum absolute atomic E-state index is 0.0226. The van der Waals surface area contributed by atoms with Crippen molar-refractivity contribution in [3.8, 4) is 5.69 Å². The summed E-state index contributed by atoms with van der Waals surface area (Å²) < 4.78 is 19.8. The lowest BCUT2D eigenvalue weighted by atomic mass is 10.1. The number of halogens is 1. The Bertz CT molecular complexity index is 1510. The number of anilines is 1. The number of amides is 1. The predicted molar refractivity (Wildman–Crippen MR) is 127 cm³/mol. The number of esters is 1. The minimum atomic E-state index is -0.774. The van der Waals surface area contributed by atoms with Gasteiger partial charge in [-0.15, -0.1) is 11.3 Å². The molecule has 0 spiro atoms. The molecule has 4 aromatic rings. The van der Waals surface area contributed by atoms with Crippen molar-refractivity contribution < 1.29 is 23.6 Å². The molecule has 0 unspecified atom stereocenters. The van der Waals surface area contributed by atoms with E-state index >= 15 is 0 Å². The van der Waals surface area contributed by atoms with E-state index in [-0.39, 0.29) is 45.9 Å². The molecule has 0 fully saturated rings. The van der Waals surface area contributed by atoms with Crippen LogP contribution in [-0.4, -0.2) is 33.2 Å². The molecule has 2 heterocycles. The zero-order chi connectivity index (χ0) is 25.1. The number of ether oxygens (including phenoxy) is 1. The summed E-state index contributed by atoms with van der Waals surface area (Å²) >= 11 is 1.02. The molecule has 178 valence electrons. The third-order valence-corrected chi connectivity index (χ3v) is 5.83. The monoisotopic (exact) mass is 496 g/mol. The van der Waals surface area contributed by atoms with Crippen molar-refractivity contribution in [1.82, 2.24) is 9.78 Å². The van der Waals surface area contributed by atoms with Crippen molar-refractivity contribution in [2.45, 2.75) is 13.3 Å². The molecule has 0 radical (unpaired) electrons. The summed E-state index contributed by atoms with van der Waals surface area (Å²) in [6, 6.07) is 10.7. The van der Waals surface area contributed by atoms with Crippen molar-refractivity contribution in [3.63, 3.8) is 0 Å². The number of benzene rings is 2. The van der Waals surface area contributed by atoms with Crippen molar-refractivity contribution >= 4 is 44.7 Å². The number of rotatable bonds is 7. The van der Waals surface area contributed by atoms with Crippen LogP contribution >= 0.6 is 11.3 Å². The molecule has 2 aromatic carbocycles. The van der Waals surface area contributed by atoms with E-state index in [1.807, 2.05) is 0 Å². The second kappa shape index (κ2) is 9.81. The number of hydrogen-bond acceptors (Lipinski definition) is 8. The summed E-state index contributed by atoms with van der Waals surface area (Å²) in [6.07, 6.45) is -0.106. The minimum Gasteiger partial charge on any atom is -0.461 e. The highest BCUT2D eigenvalue weighted by Gasteiger charge is 2.23. The lowest BCUT2D eigenvalue weighted by molar-refractivity contribution is -0.384. The van der Waals surface area contributed by atoms with Gasteiger partial charge in [-0.1, -0.05) is 18.2 Å². The first-order valence-electron chi connectivity index (χ1n) is 10.3. The molecule has 0 saturated carbocycles. The van der Waals surface area contributed by atoms with Gasteiger partial charge < -0.3 is 10.1 Å². The number of hydrogen-bond donors (Lipinski definition) is 1. The number of carbonyl (C=O) groups excluding carboxylic acids is 2. The maximum Gasteiger partial charge on any atom is 0.359 e. The van der Waals surface area contributed by atoms with Gasteiger partial charge in [0, 0.05) is 22.9 Å². The molecule has 0 atom stereocenters. The Hall–Kier alpha value is -4.45. The van der Waals surface area contributed by atoms with Crippen LogP contribution in [0.2, 0.25) is 0 Å². The number of nitrogens with zero attached hydrogens (tertiary/aromatic N) is 3. The van der Waals surface area contributed by atoms with E-state index < -0.39 is 28.2 Å². The van der Waals surface area contributed by atoms with E-state index in [2.05, 4.69) is 10.4 Å². The van der Waals surface area contributed by atoms with Gasteiger partial charge in [0.2, 0.25) is 5.91 Å². The van der Waals surface area contributed by atoms with Crippen LogP contribution in [0, 0.1) is 15.9 Å². The summed E-state index contributed by atoms with van der Waals surface area (Å²) in [5, 5.41) is 19.5. The standard InChI is InChI=1S/C23H17FN4O6S/c1-2-34-23(31)20-17-12-35-21(25-18(29)10-13-6-8-15(9-7-13)28(32)33)19(17)22(30)27(26-20)16-5-3-4-14(24)11-16/h3-9,11-12H,2,10H2,1H3,(H,25,29). The molecule has 1 N–H and O–H groups in total. The first kappa shape index (κ1) is 23.7. The van der Waals surface area contributed by atoms with Gasteiger partial charge in [0.15, 0.2) is 5.69 Å². The lowest BCUT2D eigenvalue weighted by Gasteiger charge is -2.10. The first-order chi connectivity index (χ1) is 16.8. The molecule has 1 amide bonds. The molecule has 0 saturated heterocycles. The van der Waals surface area contributed by atoms with Crippen LogP contribution in [0.4, 0.5) is 15.1 Å². The molecule has 10 nitrogen and oxygen atoms in total. The van der Waals surface area contributed by atoms with Gasteiger partial charge in [-0.3, -0.25) is 19.7 Å². The first-order valence-corrected chi connectivity index (χ1v) is 11.2. The van der Waals surface area contributed by atoms with Crippen molar-refractivity contribution in [2.24, 2.45) is 0 Å². The van der Waals surface area contributed by atoms with Crippen LogP contribution in [0.1, 0.15) is 23.0 Å². The summed E-state index contributed by atoms with van der Waals surface area (Å²) in [4.78, 5) is 48.8. The molecule has 0 aliphatic heterocycles. The fraction of sp³-hybridized carbons (Fsp3) is 0.130. The SMILES string of the molecule is CCOC(=O)c1nn(-c2cccc(F)c2)c(=O)c2c(NC(=O)Cc3ccc([N+](=O)[O-])cc3)scc12. The molecule has 0 aliphatic carbocycles. The van der Waals surface area contributed by atoms with Gasteiger partial charge >= 0.3 is 5.97 Å². The quantitative estimate of drug-likeness (QED) is 0.233. The average Bonchev–Trinajstić information content (AvgIpc) is 3.23. The number of thiophene rings is 1. The molecule has 0 aliphatic rings. The van der Waals surface area contributed by atoms with Crippen molar-refractivity contribution in [3.05, 3.63) is 91.5 Å². The van der Waals surface area contributed by atoms with Gasteiger partial charge in [-0.05, 0) is 30.7 Å². The average molecular weight is 496 g/mol. The second-order valence-corrected chi connectivity index (χ2v) is 8.15. The predicted octanol–water partition coefficient (Wildman–Crippen LogP) is 3.85. The van der Waals surface area contributed by atoms with Crippen molar-refractivity contribution in [2.75, 3.05) is 11.9 Å². The molecule has 12 heteroatoms. The van der Waals surface area contributed by atoms with Crippen LogP contribution in [0.3, 0.4) is 0 Å². The summed E-state index contributed by atoms with van der Waals surface area (Å²) in [6.45, 7) is 1.69. The number of non-ortho nitro benzene ring substituents is 1. The smallest absolute Gasteiger partial charge is 0.359 e. The molecule has 35 heavy (non-hydrogen) atoms. The van der Waals surface area contributed by atoms with Gasteiger partial charge in [0.25, 0.3) is 11.2 Å². The normalized spacial score (nSPS) is 10.8. The second-order valence-electron chi connectivity index (χ2n) is 7.27. The third kappa shape index (κ3) is 4.92. The third-order valence-electron chi connectivity index (χ3n) is 4.94. The van der Waals surface area contributed by atoms with Crippen LogP contribution in [-0.2, 0) is 16.0 Å². The number of nitrogens with one attached hydrogen (secondary N) is 1. The van der Waals surface area contributed by atoms with Crippen LogP contribution in [0.25, 0.3) is 16.5 Å². The zero-order valence-electron chi connectivity index (χ0n) is 18.2. The maximum atomic E-state index is 13.8. The van der Waals surface area contributed by atoms with E-state index in [0.717, 1.165) is 22.1 Å². The fourth-order valence-electron chi connectivity index (χ4n) is 3.37. The van der Waals surface area contributed by atoms with Gasteiger partial charge in [0.05, 0.1) is 29.0 Å². The Morgan fingerprint density at radius 1 is 1.23 bits per heavy atom. The van der Waals surface area contributed by atoms with Gasteiger partial charge in [-0.25, -0.2) is 9.18 Å². The highest BCUT2D eigenvalue weighted by molar-refractivity contribution is 7.16. The molecule has 2 aromatic heterocycles.